The summed E-state index contributed by atoms with van der Waals surface area (Å²) >= 11 is 0. The highest BCUT2D eigenvalue weighted by molar-refractivity contribution is 7.88. The zero-order valence-corrected chi connectivity index (χ0v) is 17.2. The lowest BCUT2D eigenvalue weighted by molar-refractivity contribution is -0.132. The number of amides is 1. The lowest BCUT2D eigenvalue weighted by Crippen LogP contribution is -2.56. The molecule has 0 bridgehead atoms. The number of benzene rings is 1. The number of likely N-dealkylation sites (tertiary alicyclic amines) is 1. The molecule has 0 saturated carbocycles. The number of sulfonamides is 1. The molecule has 0 atom stereocenters. The van der Waals surface area contributed by atoms with Gasteiger partial charge >= 0.3 is 0 Å². The van der Waals surface area contributed by atoms with Crippen LogP contribution in [0.3, 0.4) is 0 Å². The molecule has 152 valence electrons. The Morgan fingerprint density at radius 1 is 1.19 bits per heavy atom. The Bertz CT molecular complexity index is 710. The van der Waals surface area contributed by atoms with Gasteiger partial charge < -0.3 is 14.4 Å². The number of carbonyl (C=O) groups is 1. The van der Waals surface area contributed by atoms with E-state index in [0.717, 1.165) is 11.3 Å². The van der Waals surface area contributed by atoms with Gasteiger partial charge in [-0.15, -0.1) is 0 Å². The van der Waals surface area contributed by atoms with Crippen LogP contribution in [0.15, 0.2) is 24.3 Å². The van der Waals surface area contributed by atoms with Crippen molar-refractivity contribution in [1.82, 2.24) is 9.62 Å². The number of nitrogens with zero attached hydrogens (tertiary/aromatic N) is 1. The molecule has 0 spiro atoms. The molecule has 1 aliphatic rings. The van der Waals surface area contributed by atoms with E-state index in [4.69, 9.17) is 9.47 Å². The number of aryl methyl sites for hydroxylation is 1. The van der Waals surface area contributed by atoms with Crippen molar-refractivity contribution < 1.29 is 22.7 Å². The number of methoxy groups -OCH3 is 2. The van der Waals surface area contributed by atoms with Gasteiger partial charge in [0.15, 0.2) is 0 Å². The molecule has 2 rings (SSSR count). The van der Waals surface area contributed by atoms with Gasteiger partial charge in [-0.25, -0.2) is 13.1 Å². The lowest BCUT2D eigenvalue weighted by atomic mass is 9.85. The van der Waals surface area contributed by atoms with Crippen LogP contribution in [0.2, 0.25) is 0 Å². The zero-order chi connectivity index (χ0) is 19.9. The second-order valence-corrected chi connectivity index (χ2v) is 8.87. The van der Waals surface area contributed by atoms with Crippen LogP contribution in [0, 0.1) is 0 Å². The molecule has 1 saturated heterocycles. The van der Waals surface area contributed by atoms with Gasteiger partial charge in [-0.05, 0) is 43.4 Å². The molecule has 0 aromatic heterocycles. The molecular weight excluding hydrogens is 368 g/mol. The third kappa shape index (κ3) is 6.79. The Labute approximate surface area is 162 Å². The first-order chi connectivity index (χ1) is 12.8. The Morgan fingerprint density at radius 2 is 1.81 bits per heavy atom. The lowest BCUT2D eigenvalue weighted by Gasteiger charge is -2.42. The molecule has 0 radical (unpaired) electrons. The first-order valence-electron chi connectivity index (χ1n) is 9.15. The summed E-state index contributed by atoms with van der Waals surface area (Å²) < 4.78 is 36.5. The van der Waals surface area contributed by atoms with Crippen LogP contribution in [-0.2, 0) is 26.0 Å². The van der Waals surface area contributed by atoms with E-state index in [9.17, 15) is 13.2 Å². The minimum atomic E-state index is -3.32. The minimum Gasteiger partial charge on any atom is -0.497 e. The molecule has 1 amide bonds. The highest BCUT2D eigenvalue weighted by Gasteiger charge is 2.37. The topological polar surface area (TPSA) is 84.9 Å². The minimum absolute atomic E-state index is 0.102. The van der Waals surface area contributed by atoms with Crippen molar-refractivity contribution in [2.75, 3.05) is 40.2 Å². The second-order valence-electron chi connectivity index (χ2n) is 7.13. The summed E-state index contributed by atoms with van der Waals surface area (Å²) in [5, 5.41) is 0. The molecule has 8 heteroatoms. The average molecular weight is 399 g/mol. The van der Waals surface area contributed by atoms with Gasteiger partial charge in [0.2, 0.25) is 15.9 Å². The summed E-state index contributed by atoms with van der Waals surface area (Å²) in [6, 6.07) is 7.71. The maximum Gasteiger partial charge on any atom is 0.222 e. The fourth-order valence-corrected chi connectivity index (χ4v) is 4.57. The molecule has 1 aliphatic heterocycles. The van der Waals surface area contributed by atoms with Crippen molar-refractivity contribution >= 4 is 15.9 Å². The third-order valence-corrected chi connectivity index (χ3v) is 5.85. The smallest absolute Gasteiger partial charge is 0.222 e. The summed E-state index contributed by atoms with van der Waals surface area (Å²) in [6.07, 6.45) is 4.08. The van der Waals surface area contributed by atoms with Crippen LogP contribution in [0.1, 0.15) is 31.2 Å². The Hall–Kier alpha value is -1.64. The Kier molecular flexibility index (Phi) is 7.64. The number of ether oxygens (including phenoxy) is 2. The van der Waals surface area contributed by atoms with Crippen LogP contribution in [0.5, 0.6) is 5.75 Å². The standard InChI is InChI=1S/C19H30N2O5S/c1-25-15-12-19(20-27(3,23)24)10-13-21(14-11-19)18(22)9-6-16-4-7-17(26-2)8-5-16/h4-5,7-8,20H,6,9-15H2,1-3H3. The van der Waals surface area contributed by atoms with Crippen LogP contribution < -0.4 is 9.46 Å². The number of carbonyl (C=O) groups excluding carboxylic acids is 1. The monoisotopic (exact) mass is 398 g/mol. The molecule has 7 nitrogen and oxygen atoms in total. The van der Waals surface area contributed by atoms with Crippen LogP contribution in [0.4, 0.5) is 0 Å². The van der Waals surface area contributed by atoms with Gasteiger partial charge in [0.1, 0.15) is 5.75 Å². The first-order valence-corrected chi connectivity index (χ1v) is 11.0. The molecule has 1 aromatic carbocycles. The molecule has 27 heavy (non-hydrogen) atoms. The van der Waals surface area contributed by atoms with E-state index in [-0.39, 0.29) is 5.91 Å². The summed E-state index contributed by atoms with van der Waals surface area (Å²) in [5.74, 6) is 0.900. The summed E-state index contributed by atoms with van der Waals surface area (Å²) in [4.78, 5) is 14.4. The van der Waals surface area contributed by atoms with Gasteiger partial charge in [-0.2, -0.15) is 0 Å². The van der Waals surface area contributed by atoms with E-state index in [2.05, 4.69) is 4.72 Å². The normalized spacial score (nSPS) is 16.9. The molecular formula is C19H30N2O5S. The van der Waals surface area contributed by atoms with Crippen molar-refractivity contribution in [2.24, 2.45) is 0 Å². The van der Waals surface area contributed by atoms with Crippen molar-refractivity contribution in [3.8, 4) is 5.75 Å². The maximum absolute atomic E-state index is 12.5. The van der Waals surface area contributed by atoms with E-state index in [0.29, 0.717) is 51.8 Å². The van der Waals surface area contributed by atoms with Crippen molar-refractivity contribution in [1.29, 1.82) is 0 Å². The SMILES string of the molecule is COCCC1(NS(C)(=O)=O)CCN(C(=O)CCc2ccc(OC)cc2)CC1. The molecule has 1 fully saturated rings. The molecule has 1 aromatic rings. The zero-order valence-electron chi connectivity index (χ0n) is 16.4. The molecule has 0 aliphatic carbocycles. The number of hydrogen-bond donors (Lipinski definition) is 1. The van der Waals surface area contributed by atoms with Crippen molar-refractivity contribution in [2.45, 2.75) is 37.6 Å². The average Bonchev–Trinajstić information content (AvgIpc) is 2.64. The highest BCUT2D eigenvalue weighted by Crippen LogP contribution is 2.27. The summed E-state index contributed by atoms with van der Waals surface area (Å²) in [6.45, 7) is 1.58. The quantitative estimate of drug-likeness (QED) is 0.683. The van der Waals surface area contributed by atoms with Crippen molar-refractivity contribution in [3.05, 3.63) is 29.8 Å². The van der Waals surface area contributed by atoms with Gasteiger partial charge in [-0.3, -0.25) is 4.79 Å². The third-order valence-electron chi connectivity index (χ3n) is 5.05. The molecule has 0 unspecified atom stereocenters. The summed E-state index contributed by atoms with van der Waals surface area (Å²) in [5.41, 5.74) is 0.561. The number of rotatable bonds is 9. The fraction of sp³-hybridized carbons (Fsp3) is 0.632. The van der Waals surface area contributed by atoms with E-state index in [1.165, 1.54) is 6.26 Å². The first kappa shape index (κ1) is 21.7. The number of piperidine rings is 1. The predicted molar refractivity (Wildman–Crippen MR) is 104 cm³/mol. The van der Waals surface area contributed by atoms with Crippen LogP contribution in [0.25, 0.3) is 0 Å². The Morgan fingerprint density at radius 3 is 2.33 bits per heavy atom. The van der Waals surface area contributed by atoms with Gasteiger partial charge in [0.05, 0.1) is 13.4 Å². The Balaban J connectivity index is 1.88. The molecule has 1 N–H and O–H groups in total. The predicted octanol–water partition coefficient (Wildman–Crippen LogP) is 1.57. The maximum atomic E-state index is 12.5. The van der Waals surface area contributed by atoms with E-state index < -0.39 is 15.6 Å². The van der Waals surface area contributed by atoms with E-state index >= 15 is 0 Å². The van der Waals surface area contributed by atoms with Gasteiger partial charge in [0.25, 0.3) is 0 Å². The van der Waals surface area contributed by atoms with Crippen LogP contribution in [-0.4, -0.2) is 64.9 Å². The largest absolute Gasteiger partial charge is 0.497 e. The number of hydrogen-bond acceptors (Lipinski definition) is 5. The van der Waals surface area contributed by atoms with Gasteiger partial charge in [0, 0.05) is 38.8 Å². The van der Waals surface area contributed by atoms with E-state index in [1.807, 2.05) is 29.2 Å². The number of nitrogens with one attached hydrogen (secondary N) is 1. The van der Waals surface area contributed by atoms with Crippen molar-refractivity contribution in [3.63, 3.8) is 0 Å². The van der Waals surface area contributed by atoms with E-state index in [1.54, 1.807) is 14.2 Å². The summed E-state index contributed by atoms with van der Waals surface area (Å²) in [7, 11) is -0.0933. The second kappa shape index (κ2) is 9.52. The van der Waals surface area contributed by atoms with Crippen LogP contribution >= 0.6 is 0 Å². The van der Waals surface area contributed by atoms with Gasteiger partial charge in [-0.1, -0.05) is 12.1 Å². The fourth-order valence-electron chi connectivity index (χ4n) is 3.48. The highest BCUT2D eigenvalue weighted by atomic mass is 32.2. The molecule has 1 heterocycles.